The van der Waals surface area contributed by atoms with Gasteiger partial charge in [0, 0.05) is 51.4 Å². The normalized spacial score (nSPS) is 24.4. The lowest BCUT2D eigenvalue weighted by molar-refractivity contribution is -0.125. The number of carbonyl (C=O) groups is 1. The topological polar surface area (TPSA) is 96.3 Å². The number of aryl methyl sites for hydroxylation is 1. The zero-order chi connectivity index (χ0) is 20.1. The number of likely N-dealkylation sites (tertiary alicyclic amines) is 1. The van der Waals surface area contributed by atoms with Gasteiger partial charge in [0.15, 0.2) is 0 Å². The highest BCUT2D eigenvalue weighted by Gasteiger charge is 2.31. The quantitative estimate of drug-likeness (QED) is 0.644. The lowest BCUT2D eigenvalue weighted by Crippen LogP contribution is -2.47. The van der Waals surface area contributed by atoms with Crippen LogP contribution in [-0.2, 0) is 16.0 Å². The van der Waals surface area contributed by atoms with Gasteiger partial charge in [0.05, 0.1) is 17.0 Å². The van der Waals surface area contributed by atoms with Gasteiger partial charge in [-0.05, 0) is 44.2 Å². The van der Waals surface area contributed by atoms with E-state index in [1.165, 1.54) is 0 Å². The lowest BCUT2D eigenvalue weighted by Gasteiger charge is -2.35. The van der Waals surface area contributed by atoms with Crippen LogP contribution in [0.3, 0.4) is 0 Å². The molecule has 2 atom stereocenters. The van der Waals surface area contributed by atoms with Crippen LogP contribution in [0.1, 0.15) is 37.9 Å². The Balaban J connectivity index is 1.25. The maximum atomic E-state index is 12.8. The Labute approximate surface area is 172 Å². The Morgan fingerprint density at radius 3 is 2.86 bits per heavy atom. The van der Waals surface area contributed by atoms with E-state index >= 15 is 0 Å². The molecule has 0 aliphatic carbocycles. The van der Waals surface area contributed by atoms with Gasteiger partial charge in [0.25, 0.3) is 0 Å². The van der Waals surface area contributed by atoms with Gasteiger partial charge in [0.2, 0.25) is 5.91 Å². The number of H-pyrrole nitrogens is 1. The minimum atomic E-state index is 0.0256. The first kappa shape index (κ1) is 20.3. The molecule has 2 aliphatic rings. The summed E-state index contributed by atoms with van der Waals surface area (Å²) in [6.45, 7) is 4.01. The predicted molar refractivity (Wildman–Crippen MR) is 114 cm³/mol. The van der Waals surface area contributed by atoms with E-state index in [2.05, 4.69) is 20.2 Å². The largest absolute Gasteiger partial charge is 0.381 e. The van der Waals surface area contributed by atoms with Crippen LogP contribution in [0.4, 0.5) is 0 Å². The van der Waals surface area contributed by atoms with Crippen molar-refractivity contribution in [3.8, 4) is 0 Å². The Morgan fingerprint density at radius 1 is 1.21 bits per heavy atom. The molecule has 2 aliphatic heterocycles. The van der Waals surface area contributed by atoms with Gasteiger partial charge in [-0.25, -0.2) is 4.98 Å². The molecule has 0 spiro atoms. The first-order valence-corrected chi connectivity index (χ1v) is 11.0. The average Bonchev–Trinajstić information content (AvgIpc) is 3.06. The number of nitrogens with one attached hydrogen (secondary N) is 2. The highest BCUT2D eigenvalue weighted by atomic mass is 16.5. The van der Waals surface area contributed by atoms with Gasteiger partial charge in [-0.1, -0.05) is 12.1 Å². The summed E-state index contributed by atoms with van der Waals surface area (Å²) in [7, 11) is 0. The Hall–Kier alpha value is -1.96. The van der Waals surface area contributed by atoms with Gasteiger partial charge in [-0.2, -0.15) is 0 Å². The molecule has 0 unspecified atom stereocenters. The summed E-state index contributed by atoms with van der Waals surface area (Å²) in [5, 5.41) is 3.15. The van der Waals surface area contributed by atoms with E-state index in [9.17, 15) is 4.79 Å². The predicted octanol–water partition coefficient (Wildman–Crippen LogP) is 1.83. The summed E-state index contributed by atoms with van der Waals surface area (Å²) in [6, 6.07) is 8.70. The van der Waals surface area contributed by atoms with Crippen molar-refractivity contribution in [1.82, 2.24) is 20.2 Å². The number of amides is 1. The zero-order valence-electron chi connectivity index (χ0n) is 17.1. The minimum Gasteiger partial charge on any atom is -0.381 e. The zero-order valence-corrected chi connectivity index (χ0v) is 17.1. The molecule has 2 aromatic rings. The number of carbonyl (C=O) groups excluding carboxylic acids is 1. The smallest absolute Gasteiger partial charge is 0.224 e. The van der Waals surface area contributed by atoms with Gasteiger partial charge in [-0.15, -0.1) is 0 Å². The molecular formula is C22H33N5O2. The Kier molecular flexibility index (Phi) is 6.79. The van der Waals surface area contributed by atoms with Gasteiger partial charge >= 0.3 is 0 Å². The number of nitrogens with two attached hydrogens (primary N) is 1. The average molecular weight is 400 g/mol. The minimum absolute atomic E-state index is 0.0256. The number of para-hydroxylation sites is 2. The van der Waals surface area contributed by atoms with E-state index in [4.69, 9.17) is 10.5 Å². The number of fused-ring (bicyclic) bond motifs is 1. The molecule has 158 valence electrons. The number of ether oxygens (including phenoxy) is 1. The highest BCUT2D eigenvalue weighted by molar-refractivity contribution is 5.79. The number of hydrogen-bond acceptors (Lipinski definition) is 5. The number of imidazole rings is 1. The summed E-state index contributed by atoms with van der Waals surface area (Å²) in [4.78, 5) is 23.2. The maximum Gasteiger partial charge on any atom is 0.224 e. The molecule has 29 heavy (non-hydrogen) atoms. The summed E-state index contributed by atoms with van der Waals surface area (Å²) in [6.07, 6.45) is 5.57. The fourth-order valence-corrected chi connectivity index (χ4v) is 4.55. The van der Waals surface area contributed by atoms with Crippen molar-refractivity contribution in [2.75, 3.05) is 32.8 Å². The summed E-state index contributed by atoms with van der Waals surface area (Å²) in [5.41, 5.74) is 8.36. The third kappa shape index (κ3) is 5.35. The van der Waals surface area contributed by atoms with E-state index in [1.807, 2.05) is 24.3 Å². The molecule has 7 heteroatoms. The van der Waals surface area contributed by atoms with E-state index in [0.29, 0.717) is 12.6 Å². The SMILES string of the molecule is N[C@H]1CC[C@@H](C(=O)NCCCc2nc3ccccc3[nH]2)CN(C2CCOCC2)C1. The summed E-state index contributed by atoms with van der Waals surface area (Å²) >= 11 is 0. The maximum absolute atomic E-state index is 12.8. The van der Waals surface area contributed by atoms with E-state index in [-0.39, 0.29) is 17.9 Å². The molecule has 4 N–H and O–H groups in total. The van der Waals surface area contributed by atoms with E-state index < -0.39 is 0 Å². The molecule has 2 fully saturated rings. The van der Waals surface area contributed by atoms with Crippen LogP contribution in [0.2, 0.25) is 0 Å². The molecule has 0 radical (unpaired) electrons. The van der Waals surface area contributed by atoms with Crippen molar-refractivity contribution in [3.05, 3.63) is 30.1 Å². The number of nitrogens with zero attached hydrogens (tertiary/aromatic N) is 2. The van der Waals surface area contributed by atoms with Crippen molar-refractivity contribution >= 4 is 16.9 Å². The standard InChI is InChI=1S/C22H33N5O2/c23-17-8-7-16(14-27(15-17)18-9-12-29-13-10-18)22(28)24-11-3-6-21-25-19-4-1-2-5-20(19)26-21/h1-2,4-5,16-18H,3,6-15,23H2,(H,24,28)(H,25,26)/t16-,17+/m1/s1. The van der Waals surface area contributed by atoms with Crippen LogP contribution in [0.25, 0.3) is 11.0 Å². The molecule has 2 saturated heterocycles. The molecule has 1 aromatic carbocycles. The van der Waals surface area contributed by atoms with Crippen molar-refractivity contribution in [2.24, 2.45) is 11.7 Å². The van der Waals surface area contributed by atoms with Crippen LogP contribution in [0, 0.1) is 5.92 Å². The number of rotatable bonds is 6. The molecule has 0 bridgehead atoms. The molecule has 1 amide bonds. The summed E-state index contributed by atoms with van der Waals surface area (Å²) in [5.74, 6) is 1.17. The molecule has 0 saturated carbocycles. The van der Waals surface area contributed by atoms with Crippen LogP contribution >= 0.6 is 0 Å². The Bertz CT molecular complexity index is 768. The third-order valence-electron chi connectivity index (χ3n) is 6.22. The number of benzene rings is 1. The summed E-state index contributed by atoms with van der Waals surface area (Å²) < 4.78 is 5.50. The fourth-order valence-electron chi connectivity index (χ4n) is 4.55. The van der Waals surface area contributed by atoms with Crippen LogP contribution in [-0.4, -0.2) is 65.7 Å². The lowest BCUT2D eigenvalue weighted by atomic mass is 10.0. The molecule has 1 aromatic heterocycles. The molecule has 3 heterocycles. The van der Waals surface area contributed by atoms with E-state index in [0.717, 1.165) is 81.7 Å². The van der Waals surface area contributed by atoms with Crippen molar-refractivity contribution in [3.63, 3.8) is 0 Å². The second-order valence-electron chi connectivity index (χ2n) is 8.43. The molecular weight excluding hydrogens is 366 g/mol. The monoisotopic (exact) mass is 399 g/mol. The highest BCUT2D eigenvalue weighted by Crippen LogP contribution is 2.22. The van der Waals surface area contributed by atoms with Crippen LogP contribution in [0.15, 0.2) is 24.3 Å². The second kappa shape index (κ2) is 9.69. The van der Waals surface area contributed by atoms with Crippen molar-refractivity contribution in [1.29, 1.82) is 0 Å². The number of aromatic amines is 1. The molecule has 7 nitrogen and oxygen atoms in total. The van der Waals surface area contributed by atoms with Crippen molar-refractivity contribution < 1.29 is 9.53 Å². The third-order valence-corrected chi connectivity index (χ3v) is 6.22. The second-order valence-corrected chi connectivity index (χ2v) is 8.43. The fraction of sp³-hybridized carbons (Fsp3) is 0.636. The first-order chi connectivity index (χ1) is 14.2. The van der Waals surface area contributed by atoms with Gasteiger partial charge in [-0.3, -0.25) is 9.69 Å². The molecule has 4 rings (SSSR count). The van der Waals surface area contributed by atoms with Crippen LogP contribution in [0.5, 0.6) is 0 Å². The number of hydrogen-bond donors (Lipinski definition) is 3. The van der Waals surface area contributed by atoms with Crippen molar-refractivity contribution in [2.45, 2.75) is 50.6 Å². The Morgan fingerprint density at radius 2 is 2.03 bits per heavy atom. The van der Waals surface area contributed by atoms with Crippen LogP contribution < -0.4 is 11.1 Å². The van der Waals surface area contributed by atoms with E-state index in [1.54, 1.807) is 0 Å². The number of aromatic nitrogens is 2. The van der Waals surface area contributed by atoms with Gasteiger partial charge in [0.1, 0.15) is 5.82 Å². The first-order valence-electron chi connectivity index (χ1n) is 11.0. The van der Waals surface area contributed by atoms with Gasteiger partial charge < -0.3 is 20.8 Å².